The van der Waals surface area contributed by atoms with Crippen molar-refractivity contribution in [1.29, 1.82) is 0 Å². The van der Waals surface area contributed by atoms with E-state index in [1.165, 1.54) is 18.2 Å². The number of halogens is 1. The van der Waals surface area contributed by atoms with E-state index >= 15 is 0 Å². The number of benzene rings is 2. The lowest BCUT2D eigenvalue weighted by Crippen LogP contribution is -2.33. The predicted molar refractivity (Wildman–Crippen MR) is 82.9 cm³/mol. The summed E-state index contributed by atoms with van der Waals surface area (Å²) in [4.78, 5) is 23.5. The quantitative estimate of drug-likeness (QED) is 0.891. The van der Waals surface area contributed by atoms with Crippen LogP contribution in [0.3, 0.4) is 0 Å². The Hall–Kier alpha value is -2.69. The molecule has 0 aromatic heterocycles. The van der Waals surface area contributed by atoms with Crippen molar-refractivity contribution >= 4 is 17.5 Å². The van der Waals surface area contributed by atoms with Gasteiger partial charge in [-0.3, -0.25) is 9.59 Å². The summed E-state index contributed by atoms with van der Waals surface area (Å²) in [5.74, 6) is -0.931. The van der Waals surface area contributed by atoms with Gasteiger partial charge in [-0.15, -0.1) is 0 Å². The molecule has 0 aliphatic heterocycles. The molecule has 0 radical (unpaired) electrons. The average molecular weight is 300 g/mol. The molecule has 2 N–H and O–H groups in total. The van der Waals surface area contributed by atoms with Crippen LogP contribution in [0.1, 0.15) is 11.1 Å². The molecule has 0 spiro atoms. The average Bonchev–Trinajstić information content (AvgIpc) is 2.49. The maximum atomic E-state index is 13.0. The van der Waals surface area contributed by atoms with Gasteiger partial charge in [-0.1, -0.05) is 30.3 Å². The minimum absolute atomic E-state index is 0.123. The summed E-state index contributed by atoms with van der Waals surface area (Å²) in [5, 5.41) is 5.19. The Morgan fingerprint density at radius 1 is 1.05 bits per heavy atom. The lowest BCUT2D eigenvalue weighted by molar-refractivity contribution is -0.123. The Morgan fingerprint density at radius 2 is 1.77 bits per heavy atom. The number of anilines is 1. The number of hydrogen-bond acceptors (Lipinski definition) is 2. The minimum Gasteiger partial charge on any atom is -0.347 e. The van der Waals surface area contributed by atoms with E-state index in [2.05, 4.69) is 10.6 Å². The Morgan fingerprint density at radius 3 is 2.45 bits per heavy atom. The summed E-state index contributed by atoms with van der Waals surface area (Å²) in [6.45, 7) is 1.58. The summed E-state index contributed by atoms with van der Waals surface area (Å²) in [6.07, 6.45) is 0.226. The van der Waals surface area contributed by atoms with Crippen LogP contribution in [0.5, 0.6) is 0 Å². The lowest BCUT2D eigenvalue weighted by Gasteiger charge is -2.09. The van der Waals surface area contributed by atoms with Crippen LogP contribution < -0.4 is 10.6 Å². The molecule has 2 amide bonds. The van der Waals surface area contributed by atoms with Crippen molar-refractivity contribution in [3.63, 3.8) is 0 Å². The fraction of sp³-hybridized carbons (Fsp3) is 0.176. The van der Waals surface area contributed by atoms with Gasteiger partial charge in [0.2, 0.25) is 11.8 Å². The fourth-order valence-corrected chi connectivity index (χ4v) is 1.98. The molecule has 0 fully saturated rings. The van der Waals surface area contributed by atoms with Gasteiger partial charge in [0.1, 0.15) is 5.82 Å². The number of carbonyl (C=O) groups is 2. The van der Waals surface area contributed by atoms with Gasteiger partial charge < -0.3 is 10.6 Å². The van der Waals surface area contributed by atoms with Crippen molar-refractivity contribution in [1.82, 2.24) is 5.32 Å². The van der Waals surface area contributed by atoms with E-state index in [4.69, 9.17) is 0 Å². The third kappa shape index (κ3) is 4.70. The largest absolute Gasteiger partial charge is 0.347 e. The molecule has 0 saturated heterocycles. The molecule has 0 atom stereocenters. The third-order valence-electron chi connectivity index (χ3n) is 3.12. The molecule has 0 aliphatic carbocycles. The molecule has 0 bridgehead atoms. The maximum Gasteiger partial charge on any atom is 0.243 e. The first-order chi connectivity index (χ1) is 10.5. The van der Waals surface area contributed by atoms with Gasteiger partial charge in [0.25, 0.3) is 0 Å². The highest BCUT2D eigenvalue weighted by Crippen LogP contribution is 2.15. The lowest BCUT2D eigenvalue weighted by atomic mass is 10.1. The zero-order valence-corrected chi connectivity index (χ0v) is 12.2. The van der Waals surface area contributed by atoms with Crippen molar-refractivity contribution in [2.24, 2.45) is 0 Å². The van der Waals surface area contributed by atoms with E-state index < -0.39 is 0 Å². The number of carbonyl (C=O) groups excluding carboxylic acids is 2. The van der Waals surface area contributed by atoms with E-state index in [-0.39, 0.29) is 30.6 Å². The highest BCUT2D eigenvalue weighted by molar-refractivity contribution is 5.95. The van der Waals surface area contributed by atoms with E-state index in [1.54, 1.807) is 6.92 Å². The van der Waals surface area contributed by atoms with Crippen LogP contribution in [0.25, 0.3) is 0 Å². The summed E-state index contributed by atoms with van der Waals surface area (Å²) in [6, 6.07) is 13.4. The Balaban J connectivity index is 1.81. The topological polar surface area (TPSA) is 58.2 Å². The number of aryl methyl sites for hydroxylation is 1. The van der Waals surface area contributed by atoms with Gasteiger partial charge in [0.15, 0.2) is 0 Å². The van der Waals surface area contributed by atoms with Crippen LogP contribution in [0, 0.1) is 12.7 Å². The van der Waals surface area contributed by atoms with Gasteiger partial charge >= 0.3 is 0 Å². The van der Waals surface area contributed by atoms with Gasteiger partial charge in [0, 0.05) is 5.69 Å². The van der Waals surface area contributed by atoms with Crippen molar-refractivity contribution in [3.8, 4) is 0 Å². The number of rotatable bonds is 5. The zero-order chi connectivity index (χ0) is 15.9. The molecule has 2 aromatic carbocycles. The van der Waals surface area contributed by atoms with Crippen LogP contribution in [-0.4, -0.2) is 18.4 Å². The van der Waals surface area contributed by atoms with Crippen molar-refractivity contribution < 1.29 is 14.0 Å². The SMILES string of the molecule is Cc1cc(F)ccc1NC(=O)CNC(=O)Cc1ccccc1. The second-order valence-corrected chi connectivity index (χ2v) is 4.95. The van der Waals surface area contributed by atoms with Gasteiger partial charge in [0.05, 0.1) is 13.0 Å². The highest BCUT2D eigenvalue weighted by Gasteiger charge is 2.08. The number of amides is 2. The standard InChI is InChI=1S/C17H17FN2O2/c1-12-9-14(18)7-8-15(12)20-17(22)11-19-16(21)10-13-5-3-2-4-6-13/h2-9H,10-11H2,1H3,(H,19,21)(H,20,22). The van der Waals surface area contributed by atoms with E-state index in [1.807, 2.05) is 30.3 Å². The van der Waals surface area contributed by atoms with E-state index in [0.29, 0.717) is 11.3 Å². The van der Waals surface area contributed by atoms with Crippen molar-refractivity contribution in [2.75, 3.05) is 11.9 Å². The summed E-state index contributed by atoms with van der Waals surface area (Å²) >= 11 is 0. The molecule has 2 aromatic rings. The maximum absolute atomic E-state index is 13.0. The monoisotopic (exact) mass is 300 g/mol. The Kier molecular flexibility index (Phi) is 5.25. The fourth-order valence-electron chi connectivity index (χ4n) is 1.98. The van der Waals surface area contributed by atoms with E-state index in [9.17, 15) is 14.0 Å². The first-order valence-corrected chi connectivity index (χ1v) is 6.91. The first-order valence-electron chi connectivity index (χ1n) is 6.91. The van der Waals surface area contributed by atoms with Crippen LogP contribution in [-0.2, 0) is 16.0 Å². The van der Waals surface area contributed by atoms with Crippen molar-refractivity contribution in [3.05, 3.63) is 65.5 Å². The number of nitrogens with one attached hydrogen (secondary N) is 2. The zero-order valence-electron chi connectivity index (χ0n) is 12.2. The minimum atomic E-state index is -0.355. The van der Waals surface area contributed by atoms with Crippen LogP contribution in [0.15, 0.2) is 48.5 Å². The first kappa shape index (κ1) is 15.7. The molecule has 4 nitrogen and oxygen atoms in total. The van der Waals surface area contributed by atoms with Gasteiger partial charge in [-0.05, 0) is 36.2 Å². The molecule has 0 aliphatic rings. The normalized spacial score (nSPS) is 10.1. The van der Waals surface area contributed by atoms with Crippen molar-refractivity contribution in [2.45, 2.75) is 13.3 Å². The van der Waals surface area contributed by atoms with Gasteiger partial charge in [-0.25, -0.2) is 4.39 Å². The Bertz CT molecular complexity index is 672. The summed E-state index contributed by atoms with van der Waals surface area (Å²) in [7, 11) is 0. The highest BCUT2D eigenvalue weighted by atomic mass is 19.1. The molecule has 2 rings (SSSR count). The summed E-state index contributed by atoms with van der Waals surface area (Å²) < 4.78 is 13.0. The van der Waals surface area contributed by atoms with E-state index in [0.717, 1.165) is 5.56 Å². The molecule has 0 unspecified atom stereocenters. The molecule has 0 heterocycles. The predicted octanol–water partition coefficient (Wildman–Crippen LogP) is 2.43. The molecule has 114 valence electrons. The van der Waals surface area contributed by atoms with Crippen LogP contribution in [0.2, 0.25) is 0 Å². The Labute approximate surface area is 128 Å². The molecular formula is C17H17FN2O2. The third-order valence-corrected chi connectivity index (χ3v) is 3.12. The molecular weight excluding hydrogens is 283 g/mol. The molecule has 22 heavy (non-hydrogen) atoms. The second kappa shape index (κ2) is 7.36. The number of hydrogen-bond donors (Lipinski definition) is 2. The second-order valence-electron chi connectivity index (χ2n) is 4.95. The summed E-state index contributed by atoms with van der Waals surface area (Å²) in [5.41, 5.74) is 2.04. The molecule has 5 heteroatoms. The van der Waals surface area contributed by atoms with Crippen LogP contribution >= 0.6 is 0 Å². The molecule has 0 saturated carbocycles. The van der Waals surface area contributed by atoms with Crippen LogP contribution in [0.4, 0.5) is 10.1 Å². The van der Waals surface area contributed by atoms with Gasteiger partial charge in [-0.2, -0.15) is 0 Å². The smallest absolute Gasteiger partial charge is 0.243 e.